The number of rotatable bonds is 5. The molecule has 1 saturated heterocycles. The molecule has 0 aliphatic carbocycles. The molecule has 2 heterocycles. The molecule has 0 unspecified atom stereocenters. The van der Waals surface area contributed by atoms with E-state index in [9.17, 15) is 9.59 Å². The van der Waals surface area contributed by atoms with Gasteiger partial charge in [0.05, 0.1) is 12.4 Å². The van der Waals surface area contributed by atoms with Gasteiger partial charge >= 0.3 is 0 Å². The molecule has 24 heavy (non-hydrogen) atoms. The molecule has 0 spiro atoms. The third-order valence-corrected chi connectivity index (χ3v) is 4.20. The van der Waals surface area contributed by atoms with Gasteiger partial charge in [0.1, 0.15) is 5.75 Å². The molecule has 7 nitrogen and oxygen atoms in total. The standard InChI is InChI=1S/C17H20N4O3/c18-17(23)13-3-5-15(6-4-13)24-11-16(22)20-8-1-2-14(10-20)21-9-7-19-12-21/h3-7,9,12,14H,1-2,8,10-11H2,(H2,18,23)/t14-/m1/s1. The van der Waals surface area contributed by atoms with E-state index in [-0.39, 0.29) is 18.6 Å². The summed E-state index contributed by atoms with van der Waals surface area (Å²) in [7, 11) is 0. The molecular formula is C17H20N4O3. The summed E-state index contributed by atoms with van der Waals surface area (Å²) in [6, 6.07) is 6.70. The van der Waals surface area contributed by atoms with Crippen molar-refractivity contribution in [3.63, 3.8) is 0 Å². The van der Waals surface area contributed by atoms with Gasteiger partial charge in [0.25, 0.3) is 5.91 Å². The predicted octanol–water partition coefficient (Wildman–Crippen LogP) is 1.22. The number of aromatic nitrogens is 2. The molecular weight excluding hydrogens is 308 g/mol. The molecule has 1 fully saturated rings. The van der Waals surface area contributed by atoms with Crippen molar-refractivity contribution in [2.75, 3.05) is 19.7 Å². The second kappa shape index (κ2) is 7.16. The summed E-state index contributed by atoms with van der Waals surface area (Å²) in [5, 5.41) is 0. The van der Waals surface area contributed by atoms with Gasteiger partial charge < -0.3 is 19.9 Å². The number of amides is 2. The molecule has 2 N–H and O–H groups in total. The van der Waals surface area contributed by atoms with Crippen molar-refractivity contribution in [1.82, 2.24) is 14.5 Å². The van der Waals surface area contributed by atoms with Gasteiger partial charge in [-0.3, -0.25) is 9.59 Å². The molecule has 2 amide bonds. The number of ether oxygens (including phenoxy) is 1. The smallest absolute Gasteiger partial charge is 0.260 e. The number of imidazole rings is 1. The maximum absolute atomic E-state index is 12.4. The van der Waals surface area contributed by atoms with E-state index in [4.69, 9.17) is 10.5 Å². The molecule has 0 saturated carbocycles. The zero-order chi connectivity index (χ0) is 16.9. The van der Waals surface area contributed by atoms with Crippen molar-refractivity contribution in [1.29, 1.82) is 0 Å². The summed E-state index contributed by atoms with van der Waals surface area (Å²) in [5.41, 5.74) is 5.60. The fourth-order valence-corrected chi connectivity index (χ4v) is 2.86. The molecule has 7 heteroatoms. The molecule has 0 radical (unpaired) electrons. The van der Waals surface area contributed by atoms with Gasteiger partial charge in [-0.25, -0.2) is 4.98 Å². The average Bonchev–Trinajstić information content (AvgIpc) is 3.15. The van der Waals surface area contributed by atoms with Crippen LogP contribution in [0.25, 0.3) is 0 Å². The van der Waals surface area contributed by atoms with Crippen molar-refractivity contribution in [3.05, 3.63) is 48.5 Å². The van der Waals surface area contributed by atoms with E-state index in [1.165, 1.54) is 0 Å². The molecule has 1 aromatic heterocycles. The van der Waals surface area contributed by atoms with Crippen LogP contribution >= 0.6 is 0 Å². The Bertz CT molecular complexity index is 697. The van der Waals surface area contributed by atoms with E-state index in [1.807, 2.05) is 15.7 Å². The van der Waals surface area contributed by atoms with E-state index >= 15 is 0 Å². The van der Waals surface area contributed by atoms with Gasteiger partial charge in [0.2, 0.25) is 5.91 Å². The quantitative estimate of drug-likeness (QED) is 0.893. The molecule has 2 aromatic rings. The number of likely N-dealkylation sites (tertiary alicyclic amines) is 1. The van der Waals surface area contributed by atoms with Crippen LogP contribution in [-0.2, 0) is 4.79 Å². The average molecular weight is 328 g/mol. The lowest BCUT2D eigenvalue weighted by Crippen LogP contribution is -2.42. The van der Waals surface area contributed by atoms with Crippen LogP contribution in [0, 0.1) is 0 Å². The second-order valence-electron chi connectivity index (χ2n) is 5.82. The zero-order valence-electron chi connectivity index (χ0n) is 13.3. The van der Waals surface area contributed by atoms with Crippen LogP contribution in [0.5, 0.6) is 5.75 Å². The Labute approximate surface area is 140 Å². The predicted molar refractivity (Wildman–Crippen MR) is 87.5 cm³/mol. The van der Waals surface area contributed by atoms with Crippen LogP contribution in [0.1, 0.15) is 29.2 Å². The van der Waals surface area contributed by atoms with E-state index in [1.54, 1.807) is 36.8 Å². The maximum atomic E-state index is 12.4. The van der Waals surface area contributed by atoms with Gasteiger partial charge in [-0.2, -0.15) is 0 Å². The first-order chi connectivity index (χ1) is 11.6. The third-order valence-electron chi connectivity index (χ3n) is 4.20. The van der Waals surface area contributed by atoms with Crippen molar-refractivity contribution in [3.8, 4) is 5.75 Å². The van der Waals surface area contributed by atoms with E-state index < -0.39 is 5.91 Å². The summed E-state index contributed by atoms with van der Waals surface area (Å²) in [6.07, 6.45) is 7.46. The lowest BCUT2D eigenvalue weighted by atomic mass is 10.1. The molecule has 126 valence electrons. The highest BCUT2D eigenvalue weighted by Crippen LogP contribution is 2.21. The van der Waals surface area contributed by atoms with Crippen molar-refractivity contribution >= 4 is 11.8 Å². The Kier molecular flexibility index (Phi) is 4.79. The van der Waals surface area contributed by atoms with Crippen molar-refractivity contribution in [2.24, 2.45) is 5.73 Å². The number of piperidine rings is 1. The van der Waals surface area contributed by atoms with Crippen LogP contribution in [0.2, 0.25) is 0 Å². The van der Waals surface area contributed by atoms with E-state index in [2.05, 4.69) is 4.98 Å². The number of nitrogens with zero attached hydrogens (tertiary/aromatic N) is 3. The van der Waals surface area contributed by atoms with Gasteiger partial charge in [-0.05, 0) is 37.1 Å². The van der Waals surface area contributed by atoms with Crippen molar-refractivity contribution < 1.29 is 14.3 Å². The summed E-state index contributed by atoms with van der Waals surface area (Å²) in [5.74, 6) is 0.00630. The highest BCUT2D eigenvalue weighted by atomic mass is 16.5. The minimum absolute atomic E-state index is 0.0213. The van der Waals surface area contributed by atoms with Gasteiger partial charge in [-0.15, -0.1) is 0 Å². The lowest BCUT2D eigenvalue weighted by Gasteiger charge is -2.33. The van der Waals surface area contributed by atoms with Gasteiger partial charge in [0, 0.05) is 31.0 Å². The highest BCUT2D eigenvalue weighted by Gasteiger charge is 2.24. The summed E-state index contributed by atoms with van der Waals surface area (Å²) in [6.45, 7) is 1.39. The topological polar surface area (TPSA) is 90.5 Å². The Balaban J connectivity index is 1.53. The molecule has 1 atom stereocenters. The Hall–Kier alpha value is -2.83. The second-order valence-corrected chi connectivity index (χ2v) is 5.82. The van der Waals surface area contributed by atoms with Gasteiger partial charge in [-0.1, -0.05) is 0 Å². The monoisotopic (exact) mass is 328 g/mol. The van der Waals surface area contributed by atoms with E-state index in [0.29, 0.717) is 17.9 Å². The third kappa shape index (κ3) is 3.73. The van der Waals surface area contributed by atoms with Crippen LogP contribution in [-0.4, -0.2) is 46.0 Å². The largest absolute Gasteiger partial charge is 0.484 e. The SMILES string of the molecule is NC(=O)c1ccc(OCC(=O)N2CCC[C@@H](n3ccnc3)C2)cc1. The normalized spacial score (nSPS) is 17.5. The fraction of sp³-hybridized carbons (Fsp3) is 0.353. The van der Waals surface area contributed by atoms with E-state index in [0.717, 1.165) is 19.4 Å². The lowest BCUT2D eigenvalue weighted by molar-refractivity contribution is -0.135. The molecule has 1 aliphatic rings. The fourth-order valence-electron chi connectivity index (χ4n) is 2.86. The van der Waals surface area contributed by atoms with Crippen LogP contribution < -0.4 is 10.5 Å². The highest BCUT2D eigenvalue weighted by molar-refractivity contribution is 5.92. The van der Waals surface area contributed by atoms with Crippen LogP contribution in [0.15, 0.2) is 43.0 Å². The summed E-state index contributed by atoms with van der Waals surface area (Å²) in [4.78, 5) is 29.3. The number of hydrogen-bond acceptors (Lipinski definition) is 4. The summed E-state index contributed by atoms with van der Waals surface area (Å²) >= 11 is 0. The number of carbonyl (C=O) groups excluding carboxylic acids is 2. The minimum atomic E-state index is -0.489. The minimum Gasteiger partial charge on any atom is -0.484 e. The van der Waals surface area contributed by atoms with Crippen LogP contribution in [0.4, 0.5) is 0 Å². The molecule has 0 bridgehead atoms. The molecule has 1 aliphatic heterocycles. The first kappa shape index (κ1) is 16.0. The Morgan fingerprint density at radius 2 is 2.08 bits per heavy atom. The number of carbonyl (C=O) groups is 2. The first-order valence-electron chi connectivity index (χ1n) is 7.91. The van der Waals surface area contributed by atoms with Gasteiger partial charge in [0.15, 0.2) is 6.61 Å². The Morgan fingerprint density at radius 3 is 2.75 bits per heavy atom. The molecule has 1 aromatic carbocycles. The van der Waals surface area contributed by atoms with Crippen LogP contribution in [0.3, 0.4) is 0 Å². The molecule has 3 rings (SSSR count). The number of primary amides is 1. The number of nitrogens with two attached hydrogens (primary N) is 1. The first-order valence-corrected chi connectivity index (χ1v) is 7.91. The zero-order valence-corrected chi connectivity index (χ0v) is 13.3. The number of hydrogen-bond donors (Lipinski definition) is 1. The van der Waals surface area contributed by atoms with Crippen molar-refractivity contribution in [2.45, 2.75) is 18.9 Å². The summed E-state index contributed by atoms with van der Waals surface area (Å²) < 4.78 is 7.56. The number of benzene rings is 1. The maximum Gasteiger partial charge on any atom is 0.260 e. The Morgan fingerprint density at radius 1 is 1.29 bits per heavy atom.